The zero-order valence-corrected chi connectivity index (χ0v) is 20.9. The summed E-state index contributed by atoms with van der Waals surface area (Å²) in [5.74, 6) is -4.34. The molecule has 4 unspecified atom stereocenters. The van der Waals surface area contributed by atoms with Crippen LogP contribution in [0.1, 0.15) is 38.7 Å². The smallest absolute Gasteiger partial charge is 0.326 e. The van der Waals surface area contributed by atoms with E-state index in [1.807, 2.05) is 24.3 Å². The van der Waals surface area contributed by atoms with E-state index in [4.69, 9.17) is 5.73 Å². The van der Waals surface area contributed by atoms with Crippen LogP contribution < -0.4 is 27.0 Å². The lowest BCUT2D eigenvalue weighted by Crippen LogP contribution is -2.58. The third-order valence-corrected chi connectivity index (χ3v) is 6.38. The van der Waals surface area contributed by atoms with Crippen molar-refractivity contribution in [3.8, 4) is 0 Å². The van der Waals surface area contributed by atoms with Crippen molar-refractivity contribution in [2.45, 2.75) is 63.7 Å². The van der Waals surface area contributed by atoms with Crippen molar-refractivity contribution in [2.24, 2.45) is 11.7 Å². The molecule has 12 heteroatoms. The molecular weight excluding hydrogens is 480 g/mol. The van der Waals surface area contributed by atoms with Gasteiger partial charge in [-0.2, -0.15) is 0 Å². The lowest BCUT2D eigenvalue weighted by molar-refractivity contribution is -0.143. The maximum absolute atomic E-state index is 13.2. The van der Waals surface area contributed by atoms with E-state index < -0.39 is 66.1 Å². The Bertz CT molecular complexity index is 1160. The van der Waals surface area contributed by atoms with Gasteiger partial charge in [-0.05, 0) is 36.9 Å². The number of nitrogens with two attached hydrogens (primary N) is 1. The fourth-order valence-electron chi connectivity index (χ4n) is 4.36. The van der Waals surface area contributed by atoms with Crippen LogP contribution in [0.3, 0.4) is 0 Å². The number of fused-ring (bicyclic) bond motifs is 1. The minimum atomic E-state index is -1.30. The van der Waals surface area contributed by atoms with Gasteiger partial charge in [-0.15, -0.1) is 0 Å². The second kappa shape index (κ2) is 12.3. The van der Waals surface area contributed by atoms with Gasteiger partial charge in [0.05, 0.1) is 12.5 Å². The van der Waals surface area contributed by atoms with Gasteiger partial charge in [-0.25, -0.2) is 4.79 Å². The summed E-state index contributed by atoms with van der Waals surface area (Å²) in [4.78, 5) is 65.5. The average Bonchev–Trinajstić information content (AvgIpc) is 3.51. The molecule has 12 nitrogen and oxygen atoms in total. The molecule has 0 spiro atoms. The van der Waals surface area contributed by atoms with Crippen LogP contribution in [-0.4, -0.2) is 70.4 Å². The van der Waals surface area contributed by atoms with E-state index in [-0.39, 0.29) is 6.42 Å². The van der Waals surface area contributed by atoms with Gasteiger partial charge < -0.3 is 37.1 Å². The van der Waals surface area contributed by atoms with E-state index in [1.54, 1.807) is 20.0 Å². The summed E-state index contributed by atoms with van der Waals surface area (Å²) in [5, 5.41) is 21.0. The summed E-state index contributed by atoms with van der Waals surface area (Å²) < 4.78 is 0. The monoisotopic (exact) mass is 514 g/mol. The number of hydrogen-bond donors (Lipinski definition) is 7. The summed E-state index contributed by atoms with van der Waals surface area (Å²) >= 11 is 0. The largest absolute Gasteiger partial charge is 0.480 e. The highest BCUT2D eigenvalue weighted by Gasteiger charge is 2.33. The van der Waals surface area contributed by atoms with Crippen LogP contribution in [-0.2, 0) is 30.4 Å². The van der Waals surface area contributed by atoms with Gasteiger partial charge in [0.2, 0.25) is 23.6 Å². The maximum atomic E-state index is 13.2. The van der Waals surface area contributed by atoms with Crippen molar-refractivity contribution in [1.29, 1.82) is 0 Å². The Hall–Kier alpha value is -3.93. The van der Waals surface area contributed by atoms with Crippen LogP contribution in [0.5, 0.6) is 0 Å². The molecule has 1 aliphatic heterocycles. The van der Waals surface area contributed by atoms with Gasteiger partial charge in [0.1, 0.15) is 18.1 Å². The van der Waals surface area contributed by atoms with E-state index in [1.165, 1.54) is 0 Å². The second-order valence-corrected chi connectivity index (χ2v) is 9.57. The van der Waals surface area contributed by atoms with Crippen molar-refractivity contribution in [3.63, 3.8) is 0 Å². The van der Waals surface area contributed by atoms with Crippen molar-refractivity contribution in [3.05, 3.63) is 36.0 Å². The summed E-state index contributed by atoms with van der Waals surface area (Å²) in [6, 6.07) is 3.25. The first-order valence-corrected chi connectivity index (χ1v) is 12.3. The first kappa shape index (κ1) is 27.7. The summed E-state index contributed by atoms with van der Waals surface area (Å²) in [6.07, 6.45) is 2.68. The molecule has 0 bridgehead atoms. The lowest BCUT2D eigenvalue weighted by atomic mass is 10.0. The van der Waals surface area contributed by atoms with Gasteiger partial charge in [-0.3, -0.25) is 19.2 Å². The van der Waals surface area contributed by atoms with Gasteiger partial charge in [0.25, 0.3) is 0 Å². The number of primary amides is 1. The number of carbonyl (C=O) groups is 5. The fraction of sp³-hybridized carbons (Fsp3) is 0.480. The Balaban J connectivity index is 1.84. The highest BCUT2D eigenvalue weighted by molar-refractivity contribution is 5.96. The molecule has 1 aromatic heterocycles. The van der Waals surface area contributed by atoms with Gasteiger partial charge in [0, 0.05) is 23.5 Å². The lowest BCUT2D eigenvalue weighted by Gasteiger charge is -2.25. The number of H-pyrrole nitrogens is 1. The molecule has 0 saturated carbocycles. The van der Waals surface area contributed by atoms with Crippen molar-refractivity contribution < 1.29 is 29.1 Å². The number of aromatic nitrogens is 1. The average molecular weight is 515 g/mol. The van der Waals surface area contributed by atoms with Crippen LogP contribution in [0.4, 0.5) is 0 Å². The number of hydrogen-bond acceptors (Lipinski definition) is 6. The minimum absolute atomic E-state index is 0.0352. The molecule has 1 fully saturated rings. The molecule has 2 aromatic rings. The molecule has 0 aliphatic carbocycles. The van der Waals surface area contributed by atoms with Crippen molar-refractivity contribution >= 4 is 40.5 Å². The zero-order chi connectivity index (χ0) is 27.1. The Morgan fingerprint density at radius 3 is 2.38 bits per heavy atom. The molecule has 3 rings (SSSR count). The number of carboxylic acids is 1. The number of benzene rings is 1. The fourth-order valence-corrected chi connectivity index (χ4v) is 4.36. The van der Waals surface area contributed by atoms with Crippen molar-refractivity contribution in [1.82, 2.24) is 26.3 Å². The van der Waals surface area contributed by atoms with E-state index in [2.05, 4.69) is 26.3 Å². The van der Waals surface area contributed by atoms with Crippen LogP contribution >= 0.6 is 0 Å². The Morgan fingerprint density at radius 1 is 1.05 bits per heavy atom. The highest BCUT2D eigenvalue weighted by Crippen LogP contribution is 2.19. The van der Waals surface area contributed by atoms with Crippen LogP contribution in [0, 0.1) is 5.92 Å². The first-order valence-electron chi connectivity index (χ1n) is 12.3. The standard InChI is InChI=1S/C25H34N6O6/c1-13(2)21(25(36)37)31-24(35)18(10-14-12-28-16-7-4-3-6-15(14)16)29-23(34)19(11-20(26)32)30-22(33)17-8-5-9-27-17/h3-4,6-7,12-13,17-19,21,27-28H,5,8-11H2,1-2H3,(H2,26,32)(H,29,34)(H,30,33)(H,31,35)(H,36,37). The van der Waals surface area contributed by atoms with Crippen LogP contribution in [0.25, 0.3) is 10.9 Å². The third-order valence-electron chi connectivity index (χ3n) is 6.38. The topological polar surface area (TPSA) is 196 Å². The van der Waals surface area contributed by atoms with Crippen LogP contribution in [0.2, 0.25) is 0 Å². The van der Waals surface area contributed by atoms with Crippen LogP contribution in [0.15, 0.2) is 30.5 Å². The molecule has 0 radical (unpaired) electrons. The molecule has 1 aliphatic rings. The minimum Gasteiger partial charge on any atom is -0.480 e. The normalized spacial score (nSPS) is 17.6. The molecule has 4 atom stereocenters. The number of aliphatic carboxylic acids is 1. The molecule has 1 saturated heterocycles. The SMILES string of the molecule is CC(C)C(NC(=O)C(Cc1c[nH]c2ccccc12)NC(=O)C(CC(N)=O)NC(=O)C1CCCN1)C(=O)O. The summed E-state index contributed by atoms with van der Waals surface area (Å²) in [7, 11) is 0. The Morgan fingerprint density at radius 2 is 1.76 bits per heavy atom. The number of carbonyl (C=O) groups excluding carboxylic acids is 4. The number of para-hydroxylation sites is 1. The quantitative estimate of drug-likeness (QED) is 0.199. The molecule has 200 valence electrons. The number of nitrogens with one attached hydrogen (secondary N) is 5. The number of rotatable bonds is 12. The predicted octanol–water partition coefficient (Wildman–Crippen LogP) is -0.467. The van der Waals surface area contributed by atoms with Gasteiger partial charge in [0.15, 0.2) is 0 Å². The van der Waals surface area contributed by atoms with E-state index in [0.29, 0.717) is 13.0 Å². The first-order chi connectivity index (χ1) is 17.6. The molecule has 2 heterocycles. The Labute approximate surface area is 214 Å². The zero-order valence-electron chi connectivity index (χ0n) is 20.9. The number of carboxylic acid groups (broad SMARTS) is 1. The van der Waals surface area contributed by atoms with E-state index in [9.17, 15) is 29.1 Å². The summed E-state index contributed by atoms with van der Waals surface area (Å²) in [5.41, 5.74) is 6.87. The molecule has 1 aromatic carbocycles. The molecule has 8 N–H and O–H groups in total. The Kier molecular flexibility index (Phi) is 9.23. The highest BCUT2D eigenvalue weighted by atomic mass is 16.4. The number of amides is 4. The molecule has 4 amide bonds. The number of aromatic amines is 1. The van der Waals surface area contributed by atoms with Crippen molar-refractivity contribution in [2.75, 3.05) is 6.54 Å². The van der Waals surface area contributed by atoms with Gasteiger partial charge in [-0.1, -0.05) is 32.0 Å². The molecule has 37 heavy (non-hydrogen) atoms. The van der Waals surface area contributed by atoms with E-state index in [0.717, 1.165) is 22.9 Å². The summed E-state index contributed by atoms with van der Waals surface area (Å²) in [6.45, 7) is 3.97. The predicted molar refractivity (Wildman–Crippen MR) is 135 cm³/mol. The van der Waals surface area contributed by atoms with Gasteiger partial charge >= 0.3 is 5.97 Å². The van der Waals surface area contributed by atoms with E-state index >= 15 is 0 Å². The third kappa shape index (κ3) is 7.29. The second-order valence-electron chi connectivity index (χ2n) is 9.57. The molecular formula is C25H34N6O6. The maximum Gasteiger partial charge on any atom is 0.326 e.